The van der Waals surface area contributed by atoms with Crippen LogP contribution in [0.5, 0.6) is 5.75 Å². The Hall–Kier alpha value is -1.62. The number of nitrogens with zero attached hydrogens (tertiary/aromatic N) is 3. The number of fused-ring (bicyclic) bond motifs is 3. The minimum absolute atomic E-state index is 0.0238. The number of aromatic nitrogens is 1. The summed E-state index contributed by atoms with van der Waals surface area (Å²) in [5.41, 5.74) is 0.614. The Morgan fingerprint density at radius 3 is 2.95 bits per heavy atom. The molecule has 0 N–H and O–H groups in total. The minimum Gasteiger partial charge on any atom is -0.487 e. The Kier molecular flexibility index (Phi) is 3.38. The molecule has 0 unspecified atom stereocenters. The molecule has 0 spiro atoms. The fourth-order valence-corrected chi connectivity index (χ4v) is 2.91. The highest BCUT2D eigenvalue weighted by molar-refractivity contribution is 5.94. The zero-order chi connectivity index (χ0) is 14.3. The lowest BCUT2D eigenvalue weighted by Gasteiger charge is -2.46. The molecule has 2 aliphatic rings. The Labute approximate surface area is 119 Å². The maximum atomic E-state index is 11.4. The van der Waals surface area contributed by atoms with E-state index in [0.717, 1.165) is 31.2 Å². The second-order valence-electron chi connectivity index (χ2n) is 5.85. The Morgan fingerprint density at radius 1 is 1.45 bits per heavy atom. The van der Waals surface area contributed by atoms with Crippen molar-refractivity contribution >= 4 is 11.6 Å². The second-order valence-corrected chi connectivity index (χ2v) is 5.85. The largest absolute Gasteiger partial charge is 0.487 e. The normalized spacial score (nSPS) is 22.2. The van der Waals surface area contributed by atoms with E-state index in [4.69, 9.17) is 4.74 Å². The SMILES string of the molecule is CC(=O)c1cnc2c(c1)OC[C@@H]1CN(C(C)C)CCN21. The van der Waals surface area contributed by atoms with Gasteiger partial charge in [0.1, 0.15) is 6.61 Å². The van der Waals surface area contributed by atoms with Crippen LogP contribution in [0.3, 0.4) is 0 Å². The van der Waals surface area contributed by atoms with Crippen molar-refractivity contribution in [1.82, 2.24) is 9.88 Å². The molecule has 0 bridgehead atoms. The van der Waals surface area contributed by atoms with Gasteiger partial charge < -0.3 is 9.64 Å². The van der Waals surface area contributed by atoms with Gasteiger partial charge in [0.15, 0.2) is 17.4 Å². The van der Waals surface area contributed by atoms with Crippen LogP contribution in [0.15, 0.2) is 12.3 Å². The lowest BCUT2D eigenvalue weighted by Crippen LogP contribution is -2.58. The van der Waals surface area contributed by atoms with E-state index >= 15 is 0 Å². The van der Waals surface area contributed by atoms with Gasteiger partial charge in [-0.15, -0.1) is 0 Å². The molecule has 5 nitrogen and oxygen atoms in total. The maximum Gasteiger partial charge on any atom is 0.171 e. The summed E-state index contributed by atoms with van der Waals surface area (Å²) in [6.07, 6.45) is 1.65. The summed E-state index contributed by atoms with van der Waals surface area (Å²) in [6, 6.07) is 2.73. The predicted octanol–water partition coefficient (Wildman–Crippen LogP) is 1.58. The molecular weight excluding hydrogens is 254 g/mol. The standard InChI is InChI=1S/C15H21N3O2/c1-10(2)17-4-5-18-13(8-17)9-20-14-6-12(11(3)19)7-16-15(14)18/h6-7,10,13H,4-5,8-9H2,1-3H3/t13-/m0/s1. The van der Waals surface area contributed by atoms with Gasteiger partial charge in [-0.3, -0.25) is 9.69 Å². The molecule has 0 amide bonds. The molecule has 1 fully saturated rings. The molecule has 1 saturated heterocycles. The highest BCUT2D eigenvalue weighted by Gasteiger charge is 2.34. The number of carbonyl (C=O) groups excluding carboxylic acids is 1. The second kappa shape index (κ2) is 5.05. The van der Waals surface area contributed by atoms with Crippen molar-refractivity contribution in [3.63, 3.8) is 0 Å². The molecule has 0 aliphatic carbocycles. The fourth-order valence-electron chi connectivity index (χ4n) is 2.91. The van der Waals surface area contributed by atoms with Crippen LogP contribution in [-0.4, -0.2) is 54.0 Å². The summed E-state index contributed by atoms with van der Waals surface area (Å²) < 4.78 is 5.83. The van der Waals surface area contributed by atoms with Crippen LogP contribution >= 0.6 is 0 Å². The molecule has 3 rings (SSSR count). The quantitative estimate of drug-likeness (QED) is 0.767. The number of carbonyl (C=O) groups is 1. The smallest absolute Gasteiger partial charge is 0.171 e. The first-order valence-electron chi connectivity index (χ1n) is 7.20. The molecule has 3 heterocycles. The van der Waals surface area contributed by atoms with E-state index in [9.17, 15) is 4.79 Å². The number of anilines is 1. The number of pyridine rings is 1. The van der Waals surface area contributed by atoms with Crippen LogP contribution in [0.4, 0.5) is 5.82 Å². The lowest BCUT2D eigenvalue weighted by atomic mass is 10.1. The van der Waals surface area contributed by atoms with Gasteiger partial charge in [0.2, 0.25) is 0 Å². The van der Waals surface area contributed by atoms with Crippen molar-refractivity contribution < 1.29 is 9.53 Å². The zero-order valence-corrected chi connectivity index (χ0v) is 12.3. The first-order chi connectivity index (χ1) is 9.56. The molecule has 5 heteroatoms. The summed E-state index contributed by atoms with van der Waals surface area (Å²) >= 11 is 0. The van der Waals surface area contributed by atoms with E-state index in [1.54, 1.807) is 13.1 Å². The average molecular weight is 275 g/mol. The van der Waals surface area contributed by atoms with Gasteiger partial charge in [-0.1, -0.05) is 0 Å². The van der Waals surface area contributed by atoms with Crippen molar-refractivity contribution in [2.75, 3.05) is 31.1 Å². The van der Waals surface area contributed by atoms with E-state index in [2.05, 4.69) is 28.6 Å². The lowest BCUT2D eigenvalue weighted by molar-refractivity contribution is 0.101. The molecule has 1 atom stereocenters. The van der Waals surface area contributed by atoms with Crippen LogP contribution in [0, 0.1) is 0 Å². The van der Waals surface area contributed by atoms with E-state index in [1.165, 1.54) is 0 Å². The maximum absolute atomic E-state index is 11.4. The molecule has 0 radical (unpaired) electrons. The van der Waals surface area contributed by atoms with Gasteiger partial charge in [-0.2, -0.15) is 0 Å². The topological polar surface area (TPSA) is 45.7 Å². The van der Waals surface area contributed by atoms with Crippen molar-refractivity contribution in [2.24, 2.45) is 0 Å². The van der Waals surface area contributed by atoms with E-state index < -0.39 is 0 Å². The molecule has 108 valence electrons. The van der Waals surface area contributed by atoms with E-state index in [0.29, 0.717) is 24.3 Å². The molecule has 0 aromatic carbocycles. The van der Waals surface area contributed by atoms with Crippen LogP contribution in [0.25, 0.3) is 0 Å². The highest BCUT2D eigenvalue weighted by Crippen LogP contribution is 2.34. The third-order valence-electron chi connectivity index (χ3n) is 4.19. The molecule has 1 aromatic rings. The van der Waals surface area contributed by atoms with Gasteiger partial charge in [-0.05, 0) is 26.8 Å². The van der Waals surface area contributed by atoms with Gasteiger partial charge in [0.25, 0.3) is 0 Å². The number of hydrogen-bond donors (Lipinski definition) is 0. The Bertz CT molecular complexity index is 530. The van der Waals surface area contributed by atoms with Crippen LogP contribution in [-0.2, 0) is 0 Å². The molecule has 2 aliphatic heterocycles. The molecule has 0 saturated carbocycles. The molecule has 1 aromatic heterocycles. The third kappa shape index (κ3) is 2.26. The summed E-state index contributed by atoms with van der Waals surface area (Å²) in [6.45, 7) is 9.69. The summed E-state index contributed by atoms with van der Waals surface area (Å²) in [7, 11) is 0. The fraction of sp³-hybridized carbons (Fsp3) is 0.600. The van der Waals surface area contributed by atoms with Crippen LogP contribution in [0.2, 0.25) is 0 Å². The Balaban J connectivity index is 1.85. The summed E-state index contributed by atoms with van der Waals surface area (Å²) in [4.78, 5) is 20.7. The average Bonchev–Trinajstić information content (AvgIpc) is 2.45. The van der Waals surface area contributed by atoms with Crippen molar-refractivity contribution in [3.8, 4) is 5.75 Å². The molecular formula is C15H21N3O2. The van der Waals surface area contributed by atoms with Crippen molar-refractivity contribution in [3.05, 3.63) is 17.8 Å². The number of ketones is 1. The number of ether oxygens (including phenoxy) is 1. The first kappa shape index (κ1) is 13.4. The Morgan fingerprint density at radius 2 is 2.25 bits per heavy atom. The van der Waals surface area contributed by atoms with Crippen molar-refractivity contribution in [2.45, 2.75) is 32.9 Å². The summed E-state index contributed by atoms with van der Waals surface area (Å²) in [5, 5.41) is 0. The minimum atomic E-state index is 0.0238. The first-order valence-corrected chi connectivity index (χ1v) is 7.20. The number of Topliss-reactive ketones (excluding diaryl/α,β-unsaturated/α-hetero) is 1. The summed E-state index contributed by atoms with van der Waals surface area (Å²) in [5.74, 6) is 1.65. The van der Waals surface area contributed by atoms with E-state index in [-0.39, 0.29) is 5.78 Å². The van der Waals surface area contributed by atoms with E-state index in [1.807, 2.05) is 6.07 Å². The molecule has 20 heavy (non-hydrogen) atoms. The third-order valence-corrected chi connectivity index (χ3v) is 4.19. The predicted molar refractivity (Wildman–Crippen MR) is 77.6 cm³/mol. The van der Waals surface area contributed by atoms with Gasteiger partial charge in [0, 0.05) is 37.4 Å². The number of rotatable bonds is 2. The zero-order valence-electron chi connectivity index (χ0n) is 12.3. The van der Waals surface area contributed by atoms with Crippen LogP contribution in [0.1, 0.15) is 31.1 Å². The highest BCUT2D eigenvalue weighted by atomic mass is 16.5. The monoisotopic (exact) mass is 275 g/mol. The van der Waals surface area contributed by atoms with Gasteiger partial charge in [0.05, 0.1) is 6.04 Å². The number of piperazine rings is 1. The van der Waals surface area contributed by atoms with Crippen LogP contribution < -0.4 is 9.64 Å². The number of hydrogen-bond acceptors (Lipinski definition) is 5. The van der Waals surface area contributed by atoms with Crippen molar-refractivity contribution in [1.29, 1.82) is 0 Å². The van der Waals surface area contributed by atoms with Gasteiger partial charge >= 0.3 is 0 Å². The van der Waals surface area contributed by atoms with Gasteiger partial charge in [-0.25, -0.2) is 4.98 Å².